The van der Waals surface area contributed by atoms with Crippen LogP contribution < -0.4 is 15.4 Å². The van der Waals surface area contributed by atoms with E-state index in [0.717, 1.165) is 31.6 Å². The van der Waals surface area contributed by atoms with Gasteiger partial charge in [0.25, 0.3) is 5.91 Å². The van der Waals surface area contributed by atoms with E-state index in [4.69, 9.17) is 0 Å². The van der Waals surface area contributed by atoms with Crippen molar-refractivity contribution in [1.29, 1.82) is 0 Å². The Kier molecular flexibility index (Phi) is 6.29. The van der Waals surface area contributed by atoms with E-state index in [-0.39, 0.29) is 24.1 Å². The third kappa shape index (κ3) is 5.81. The van der Waals surface area contributed by atoms with Gasteiger partial charge in [-0.3, -0.25) is 4.79 Å². The molecule has 8 heteroatoms. The first-order valence-electron chi connectivity index (χ1n) is 6.29. The van der Waals surface area contributed by atoms with Crippen LogP contribution in [0.25, 0.3) is 0 Å². The summed E-state index contributed by atoms with van der Waals surface area (Å²) in [5.41, 5.74) is 0.311. The van der Waals surface area contributed by atoms with E-state index in [0.29, 0.717) is 18.0 Å². The van der Waals surface area contributed by atoms with Gasteiger partial charge in [-0.15, -0.1) is 25.6 Å². The number of ether oxygens (including phenoxy) is 1. The number of halogens is 4. The number of hydrogen-bond donors (Lipinski definition) is 2. The smallest absolute Gasteiger partial charge is 0.406 e. The highest BCUT2D eigenvalue weighted by Crippen LogP contribution is 2.22. The van der Waals surface area contributed by atoms with Crippen LogP contribution >= 0.6 is 12.4 Å². The predicted molar refractivity (Wildman–Crippen MR) is 73.7 cm³/mol. The maximum Gasteiger partial charge on any atom is 0.573 e. The summed E-state index contributed by atoms with van der Waals surface area (Å²) in [6, 6.07) is 4.87. The molecule has 4 nitrogen and oxygen atoms in total. The van der Waals surface area contributed by atoms with E-state index in [2.05, 4.69) is 15.4 Å². The largest absolute Gasteiger partial charge is 0.573 e. The lowest BCUT2D eigenvalue weighted by Gasteiger charge is -2.11. The monoisotopic (exact) mass is 324 g/mol. The van der Waals surface area contributed by atoms with Gasteiger partial charge in [0.05, 0.1) is 0 Å². The van der Waals surface area contributed by atoms with Crippen molar-refractivity contribution in [2.45, 2.75) is 12.8 Å². The SMILES string of the molecule is Cl.O=C(NCC1CCNC1)c1ccc(OC(F)(F)F)cc1. The van der Waals surface area contributed by atoms with Gasteiger partial charge in [-0.1, -0.05) is 0 Å². The maximum absolute atomic E-state index is 12.0. The van der Waals surface area contributed by atoms with Gasteiger partial charge in [-0.2, -0.15) is 0 Å². The van der Waals surface area contributed by atoms with Crippen LogP contribution in [0, 0.1) is 5.92 Å². The highest BCUT2D eigenvalue weighted by molar-refractivity contribution is 5.94. The molecule has 1 atom stereocenters. The summed E-state index contributed by atoms with van der Waals surface area (Å²) >= 11 is 0. The summed E-state index contributed by atoms with van der Waals surface area (Å²) in [7, 11) is 0. The van der Waals surface area contributed by atoms with Crippen LogP contribution in [-0.2, 0) is 0 Å². The standard InChI is InChI=1S/C13H15F3N2O2.ClH/c14-13(15,16)20-11-3-1-10(2-4-11)12(19)18-8-9-5-6-17-7-9;/h1-4,9,17H,5-8H2,(H,18,19);1H. The molecule has 1 fully saturated rings. The first kappa shape index (κ1) is 17.6. The van der Waals surface area contributed by atoms with Crippen molar-refractivity contribution in [2.24, 2.45) is 5.92 Å². The zero-order chi connectivity index (χ0) is 14.6. The van der Waals surface area contributed by atoms with Crippen molar-refractivity contribution in [2.75, 3.05) is 19.6 Å². The number of hydrogen-bond acceptors (Lipinski definition) is 3. The molecular weight excluding hydrogens is 309 g/mol. The number of carbonyl (C=O) groups is 1. The number of carbonyl (C=O) groups excluding carboxylic acids is 1. The van der Waals surface area contributed by atoms with Gasteiger partial charge >= 0.3 is 6.36 Å². The first-order valence-corrected chi connectivity index (χ1v) is 6.29. The minimum absolute atomic E-state index is 0. The molecule has 1 saturated heterocycles. The fraction of sp³-hybridized carbons (Fsp3) is 0.462. The highest BCUT2D eigenvalue weighted by Gasteiger charge is 2.31. The molecule has 1 aliphatic heterocycles. The van der Waals surface area contributed by atoms with Crippen LogP contribution in [0.15, 0.2) is 24.3 Å². The topological polar surface area (TPSA) is 50.4 Å². The van der Waals surface area contributed by atoms with Crippen molar-refractivity contribution in [3.8, 4) is 5.75 Å². The molecule has 118 valence electrons. The number of amides is 1. The quantitative estimate of drug-likeness (QED) is 0.894. The summed E-state index contributed by atoms with van der Waals surface area (Å²) < 4.78 is 39.7. The van der Waals surface area contributed by atoms with Crippen LogP contribution in [0.1, 0.15) is 16.8 Å². The molecule has 21 heavy (non-hydrogen) atoms. The zero-order valence-electron chi connectivity index (χ0n) is 11.1. The fourth-order valence-electron chi connectivity index (χ4n) is 2.04. The fourth-order valence-corrected chi connectivity index (χ4v) is 2.04. The molecule has 0 radical (unpaired) electrons. The second kappa shape index (κ2) is 7.51. The summed E-state index contributed by atoms with van der Waals surface area (Å²) in [4.78, 5) is 11.8. The molecule has 0 aliphatic carbocycles. The Morgan fingerprint density at radius 3 is 2.52 bits per heavy atom. The maximum atomic E-state index is 12.0. The summed E-state index contributed by atoms with van der Waals surface area (Å²) in [6.45, 7) is 2.38. The molecule has 1 aliphatic rings. The second-order valence-electron chi connectivity index (χ2n) is 4.64. The average molecular weight is 325 g/mol. The van der Waals surface area contributed by atoms with Crippen molar-refractivity contribution >= 4 is 18.3 Å². The van der Waals surface area contributed by atoms with Crippen molar-refractivity contribution < 1.29 is 22.7 Å². The van der Waals surface area contributed by atoms with E-state index in [1.165, 1.54) is 12.1 Å². The molecule has 1 aromatic rings. The number of alkyl halides is 3. The van der Waals surface area contributed by atoms with Crippen LogP contribution in [0.4, 0.5) is 13.2 Å². The normalized spacial score (nSPS) is 18.0. The molecule has 1 aromatic carbocycles. The van der Waals surface area contributed by atoms with Gasteiger partial charge in [0.15, 0.2) is 0 Å². The molecule has 1 heterocycles. The Hall–Kier alpha value is -1.47. The van der Waals surface area contributed by atoms with Gasteiger partial charge in [0.1, 0.15) is 5.75 Å². The molecule has 0 spiro atoms. The molecule has 1 amide bonds. The molecule has 0 aromatic heterocycles. The second-order valence-corrected chi connectivity index (χ2v) is 4.64. The average Bonchev–Trinajstić information content (AvgIpc) is 2.88. The first-order chi connectivity index (χ1) is 9.44. The molecular formula is C13H16ClF3N2O2. The Bertz CT molecular complexity index is 459. The van der Waals surface area contributed by atoms with Crippen LogP contribution in [0.5, 0.6) is 5.75 Å². The van der Waals surface area contributed by atoms with Gasteiger partial charge in [0.2, 0.25) is 0 Å². The van der Waals surface area contributed by atoms with E-state index >= 15 is 0 Å². The number of nitrogens with one attached hydrogen (secondary N) is 2. The third-order valence-electron chi connectivity index (χ3n) is 3.06. The highest BCUT2D eigenvalue weighted by atomic mass is 35.5. The van der Waals surface area contributed by atoms with E-state index < -0.39 is 6.36 Å². The van der Waals surface area contributed by atoms with Crippen LogP contribution in [0.2, 0.25) is 0 Å². The van der Waals surface area contributed by atoms with Gasteiger partial charge in [-0.25, -0.2) is 0 Å². The minimum Gasteiger partial charge on any atom is -0.406 e. The lowest BCUT2D eigenvalue weighted by atomic mass is 10.1. The molecule has 1 unspecified atom stereocenters. The summed E-state index contributed by atoms with van der Waals surface area (Å²) in [6.07, 6.45) is -3.71. The molecule has 2 N–H and O–H groups in total. The van der Waals surface area contributed by atoms with Crippen LogP contribution in [0.3, 0.4) is 0 Å². The molecule has 0 saturated carbocycles. The predicted octanol–water partition coefficient (Wildman–Crippen LogP) is 2.35. The lowest BCUT2D eigenvalue weighted by Crippen LogP contribution is -2.30. The van der Waals surface area contributed by atoms with Crippen molar-refractivity contribution in [3.05, 3.63) is 29.8 Å². The summed E-state index contributed by atoms with van der Waals surface area (Å²) in [5, 5.41) is 5.96. The van der Waals surface area contributed by atoms with Gasteiger partial charge in [0, 0.05) is 12.1 Å². The Labute approximate surface area is 126 Å². The molecule has 0 bridgehead atoms. The zero-order valence-corrected chi connectivity index (χ0v) is 11.9. The van der Waals surface area contributed by atoms with E-state index in [1.807, 2.05) is 0 Å². The Balaban J connectivity index is 0.00000220. The number of benzene rings is 1. The van der Waals surface area contributed by atoms with Crippen molar-refractivity contribution in [3.63, 3.8) is 0 Å². The number of rotatable bonds is 4. The van der Waals surface area contributed by atoms with E-state index in [1.54, 1.807) is 0 Å². The summed E-state index contributed by atoms with van der Waals surface area (Å²) in [5.74, 6) is -0.226. The van der Waals surface area contributed by atoms with Gasteiger partial charge in [-0.05, 0) is 49.7 Å². The lowest BCUT2D eigenvalue weighted by molar-refractivity contribution is -0.274. The van der Waals surface area contributed by atoms with Gasteiger partial charge < -0.3 is 15.4 Å². The Morgan fingerprint density at radius 1 is 1.33 bits per heavy atom. The Morgan fingerprint density at radius 2 is 2.00 bits per heavy atom. The minimum atomic E-state index is -4.72. The molecule has 2 rings (SSSR count). The third-order valence-corrected chi connectivity index (χ3v) is 3.06. The van der Waals surface area contributed by atoms with Crippen molar-refractivity contribution in [1.82, 2.24) is 10.6 Å². The van der Waals surface area contributed by atoms with Crippen LogP contribution in [-0.4, -0.2) is 31.9 Å². The van der Waals surface area contributed by atoms with E-state index in [9.17, 15) is 18.0 Å².